The molecule has 0 bridgehead atoms. The van der Waals surface area contributed by atoms with E-state index in [9.17, 15) is 8.78 Å². The molecule has 0 radical (unpaired) electrons. The van der Waals surface area contributed by atoms with E-state index < -0.39 is 17.3 Å². The standard InChI is InChI=1S/C20H17F2N5O2/c1-27-10-13(8-25-27)12-4-11-5-17(24-9-14(11)23-7-12)26-20-18(21)15(28-2)6-16(29-3)19(20)22/h4-10H,1-3H3,(H,24,26). The molecule has 3 heterocycles. The van der Waals surface area contributed by atoms with Gasteiger partial charge < -0.3 is 14.8 Å². The van der Waals surface area contributed by atoms with Crippen LogP contribution >= 0.6 is 0 Å². The molecular weight excluding hydrogens is 380 g/mol. The molecule has 0 aliphatic rings. The Hall–Kier alpha value is -3.75. The van der Waals surface area contributed by atoms with E-state index in [1.54, 1.807) is 23.1 Å². The number of ether oxygens (including phenoxy) is 2. The van der Waals surface area contributed by atoms with Crippen molar-refractivity contribution >= 4 is 22.4 Å². The van der Waals surface area contributed by atoms with Gasteiger partial charge in [0.1, 0.15) is 11.5 Å². The maximum Gasteiger partial charge on any atom is 0.191 e. The summed E-state index contributed by atoms with van der Waals surface area (Å²) < 4.78 is 40.8. The largest absolute Gasteiger partial charge is 0.493 e. The Labute approximate surface area is 164 Å². The number of anilines is 2. The molecule has 0 atom stereocenters. The first-order chi connectivity index (χ1) is 14.0. The van der Waals surface area contributed by atoms with Crippen LogP contribution in [0.25, 0.3) is 22.0 Å². The number of nitrogens with one attached hydrogen (secondary N) is 1. The van der Waals surface area contributed by atoms with Crippen molar-refractivity contribution in [1.82, 2.24) is 19.7 Å². The summed E-state index contributed by atoms with van der Waals surface area (Å²) in [4.78, 5) is 8.59. The van der Waals surface area contributed by atoms with Crippen molar-refractivity contribution in [3.05, 3.63) is 54.6 Å². The minimum absolute atomic E-state index is 0.146. The summed E-state index contributed by atoms with van der Waals surface area (Å²) in [6.45, 7) is 0. The molecule has 0 amide bonds. The summed E-state index contributed by atoms with van der Waals surface area (Å²) in [5.74, 6) is -1.81. The van der Waals surface area contributed by atoms with E-state index in [1.165, 1.54) is 20.4 Å². The molecule has 0 saturated carbocycles. The normalized spacial score (nSPS) is 10.9. The third kappa shape index (κ3) is 3.42. The molecule has 4 rings (SSSR count). The molecule has 0 spiro atoms. The van der Waals surface area contributed by atoms with Crippen LogP contribution in [0.2, 0.25) is 0 Å². The van der Waals surface area contributed by atoms with Crippen molar-refractivity contribution in [2.45, 2.75) is 0 Å². The molecule has 29 heavy (non-hydrogen) atoms. The Morgan fingerprint density at radius 1 is 0.897 bits per heavy atom. The quantitative estimate of drug-likeness (QED) is 0.547. The average Bonchev–Trinajstić information content (AvgIpc) is 3.17. The van der Waals surface area contributed by atoms with Gasteiger partial charge in [0.15, 0.2) is 23.1 Å². The average molecular weight is 397 g/mol. The Kier molecular flexibility index (Phi) is 4.71. The van der Waals surface area contributed by atoms with Crippen molar-refractivity contribution in [1.29, 1.82) is 0 Å². The number of hydrogen-bond donors (Lipinski definition) is 1. The van der Waals surface area contributed by atoms with Crippen molar-refractivity contribution < 1.29 is 18.3 Å². The maximum absolute atomic E-state index is 14.6. The number of aromatic nitrogens is 4. The van der Waals surface area contributed by atoms with Crippen LogP contribution in [0.4, 0.5) is 20.3 Å². The van der Waals surface area contributed by atoms with Gasteiger partial charge >= 0.3 is 0 Å². The Balaban J connectivity index is 1.75. The summed E-state index contributed by atoms with van der Waals surface area (Å²) in [6.07, 6.45) is 6.85. The lowest BCUT2D eigenvalue weighted by Crippen LogP contribution is -2.03. The van der Waals surface area contributed by atoms with Gasteiger partial charge in [0.05, 0.1) is 32.1 Å². The molecule has 7 nitrogen and oxygen atoms in total. The number of pyridine rings is 2. The van der Waals surface area contributed by atoms with Crippen LogP contribution < -0.4 is 14.8 Å². The SMILES string of the molecule is COc1cc(OC)c(F)c(Nc2cc3cc(-c4cnn(C)c4)cnc3cn2)c1F. The van der Waals surface area contributed by atoms with Gasteiger partial charge in [-0.2, -0.15) is 5.10 Å². The molecule has 0 fully saturated rings. The fraction of sp³-hybridized carbons (Fsp3) is 0.150. The monoisotopic (exact) mass is 397 g/mol. The maximum atomic E-state index is 14.6. The van der Waals surface area contributed by atoms with Crippen LogP contribution in [0, 0.1) is 11.6 Å². The Morgan fingerprint density at radius 3 is 2.24 bits per heavy atom. The lowest BCUT2D eigenvalue weighted by molar-refractivity contribution is 0.360. The second kappa shape index (κ2) is 7.34. The number of halogens is 2. The number of rotatable bonds is 5. The molecule has 1 N–H and O–H groups in total. The zero-order chi connectivity index (χ0) is 20.5. The smallest absolute Gasteiger partial charge is 0.191 e. The Morgan fingerprint density at radius 2 is 1.62 bits per heavy atom. The van der Waals surface area contributed by atoms with Crippen LogP contribution in [0.5, 0.6) is 11.5 Å². The van der Waals surface area contributed by atoms with E-state index in [1.807, 2.05) is 19.3 Å². The highest BCUT2D eigenvalue weighted by atomic mass is 19.1. The first-order valence-corrected chi connectivity index (χ1v) is 8.62. The Bertz CT molecular complexity index is 1180. The van der Waals surface area contributed by atoms with Crippen LogP contribution in [0.1, 0.15) is 0 Å². The molecule has 148 valence electrons. The van der Waals surface area contributed by atoms with Crippen molar-refractivity contribution in [2.24, 2.45) is 7.05 Å². The predicted molar refractivity (Wildman–Crippen MR) is 104 cm³/mol. The number of methoxy groups -OCH3 is 2. The first-order valence-electron chi connectivity index (χ1n) is 8.62. The van der Waals surface area contributed by atoms with Gasteiger partial charge in [-0.25, -0.2) is 13.8 Å². The number of aryl methyl sites for hydroxylation is 1. The molecule has 0 aliphatic heterocycles. The molecule has 9 heteroatoms. The highest BCUT2D eigenvalue weighted by molar-refractivity contribution is 5.85. The number of benzene rings is 1. The number of nitrogens with zero attached hydrogens (tertiary/aromatic N) is 4. The summed E-state index contributed by atoms with van der Waals surface area (Å²) in [7, 11) is 4.41. The highest BCUT2D eigenvalue weighted by Gasteiger charge is 2.20. The summed E-state index contributed by atoms with van der Waals surface area (Å²) >= 11 is 0. The fourth-order valence-electron chi connectivity index (χ4n) is 2.95. The van der Waals surface area contributed by atoms with Gasteiger partial charge in [-0.15, -0.1) is 0 Å². The zero-order valence-corrected chi connectivity index (χ0v) is 15.9. The lowest BCUT2D eigenvalue weighted by Gasteiger charge is -2.14. The third-order valence-corrected chi connectivity index (χ3v) is 4.43. The zero-order valence-electron chi connectivity index (χ0n) is 15.9. The minimum Gasteiger partial charge on any atom is -0.493 e. The summed E-state index contributed by atoms with van der Waals surface area (Å²) in [5.41, 5.74) is 2.00. The van der Waals surface area contributed by atoms with Gasteiger partial charge in [-0.05, 0) is 12.1 Å². The van der Waals surface area contributed by atoms with Gasteiger partial charge in [0.2, 0.25) is 0 Å². The van der Waals surface area contributed by atoms with Crippen molar-refractivity contribution in [3.8, 4) is 22.6 Å². The van der Waals surface area contributed by atoms with E-state index in [2.05, 4.69) is 20.4 Å². The molecule has 3 aromatic heterocycles. The second-order valence-corrected chi connectivity index (χ2v) is 6.30. The topological polar surface area (TPSA) is 74.1 Å². The molecular formula is C20H17F2N5O2. The molecule has 0 unspecified atom stereocenters. The minimum atomic E-state index is -0.880. The highest BCUT2D eigenvalue weighted by Crippen LogP contribution is 2.36. The van der Waals surface area contributed by atoms with Crippen LogP contribution in [-0.2, 0) is 7.05 Å². The molecule has 0 aliphatic carbocycles. The van der Waals surface area contributed by atoms with E-state index in [0.29, 0.717) is 5.52 Å². The van der Waals surface area contributed by atoms with Gasteiger partial charge in [-0.1, -0.05) is 0 Å². The molecule has 1 aromatic carbocycles. The van der Waals surface area contributed by atoms with Crippen LogP contribution in [0.3, 0.4) is 0 Å². The van der Waals surface area contributed by atoms with Gasteiger partial charge in [-0.3, -0.25) is 9.67 Å². The van der Waals surface area contributed by atoms with E-state index in [0.717, 1.165) is 22.6 Å². The van der Waals surface area contributed by atoms with E-state index in [4.69, 9.17) is 9.47 Å². The second-order valence-electron chi connectivity index (χ2n) is 6.30. The first kappa shape index (κ1) is 18.6. The third-order valence-electron chi connectivity index (χ3n) is 4.43. The van der Waals surface area contributed by atoms with E-state index >= 15 is 0 Å². The molecule has 0 saturated heterocycles. The van der Waals surface area contributed by atoms with Gasteiger partial charge in [0.25, 0.3) is 0 Å². The fourth-order valence-corrected chi connectivity index (χ4v) is 2.95. The lowest BCUT2D eigenvalue weighted by atomic mass is 10.1. The predicted octanol–water partition coefficient (Wildman–Crippen LogP) is 4.07. The van der Waals surface area contributed by atoms with Crippen molar-refractivity contribution in [2.75, 3.05) is 19.5 Å². The number of hydrogen-bond acceptors (Lipinski definition) is 6. The van der Waals surface area contributed by atoms with Gasteiger partial charge in [0, 0.05) is 42.0 Å². The summed E-state index contributed by atoms with van der Waals surface area (Å²) in [5, 5.41) is 7.59. The van der Waals surface area contributed by atoms with Crippen LogP contribution in [0.15, 0.2) is 43.0 Å². The number of fused-ring (bicyclic) bond motifs is 1. The van der Waals surface area contributed by atoms with Crippen molar-refractivity contribution in [3.63, 3.8) is 0 Å². The molecule has 4 aromatic rings. The van der Waals surface area contributed by atoms with E-state index in [-0.39, 0.29) is 17.3 Å². The van der Waals surface area contributed by atoms with Crippen LogP contribution in [-0.4, -0.2) is 34.0 Å². The summed E-state index contributed by atoms with van der Waals surface area (Å²) in [6, 6.07) is 4.71.